The van der Waals surface area contributed by atoms with E-state index in [0.717, 1.165) is 0 Å². The lowest BCUT2D eigenvalue weighted by atomic mass is 9.76. The van der Waals surface area contributed by atoms with Crippen LogP contribution in [0.2, 0.25) is 0 Å². The molecule has 0 amide bonds. The predicted octanol–water partition coefficient (Wildman–Crippen LogP) is 2.03. The van der Waals surface area contributed by atoms with E-state index in [-0.39, 0.29) is 12.0 Å². The van der Waals surface area contributed by atoms with Crippen LogP contribution in [0.1, 0.15) is 61.3 Å². The fraction of sp³-hybridized carbons (Fsp3) is 0.731. The van der Waals surface area contributed by atoms with E-state index in [1.54, 1.807) is 20.8 Å². The molecular formula is C26H36O11. The van der Waals surface area contributed by atoms with E-state index < -0.39 is 89.8 Å². The zero-order valence-electron chi connectivity index (χ0n) is 22.3. The van der Waals surface area contributed by atoms with Gasteiger partial charge in [0, 0.05) is 32.3 Å². The van der Waals surface area contributed by atoms with E-state index in [9.17, 15) is 24.0 Å². The summed E-state index contributed by atoms with van der Waals surface area (Å²) in [5.74, 6) is -5.20. The van der Waals surface area contributed by atoms with Gasteiger partial charge >= 0.3 is 29.8 Å². The van der Waals surface area contributed by atoms with Crippen molar-refractivity contribution in [3.8, 4) is 0 Å². The van der Waals surface area contributed by atoms with E-state index in [1.165, 1.54) is 20.8 Å². The molecule has 0 bridgehead atoms. The number of fused-ring (bicyclic) bond motifs is 2. The Labute approximate surface area is 216 Å². The summed E-state index contributed by atoms with van der Waals surface area (Å²) in [6.07, 6.45) is -5.46. The first-order valence-corrected chi connectivity index (χ1v) is 12.5. The molecule has 2 heterocycles. The van der Waals surface area contributed by atoms with Crippen LogP contribution in [-0.4, -0.2) is 72.1 Å². The Kier molecular flexibility index (Phi) is 8.36. The average molecular weight is 525 g/mol. The second-order valence-corrected chi connectivity index (χ2v) is 10.3. The molecular weight excluding hydrogens is 488 g/mol. The van der Waals surface area contributed by atoms with Crippen molar-refractivity contribution in [3.05, 3.63) is 12.2 Å². The zero-order chi connectivity index (χ0) is 27.8. The number of esters is 5. The number of epoxide rings is 1. The first-order chi connectivity index (χ1) is 17.2. The fourth-order valence-corrected chi connectivity index (χ4v) is 5.25. The van der Waals surface area contributed by atoms with Crippen LogP contribution in [0.5, 0.6) is 0 Å². The van der Waals surface area contributed by atoms with Gasteiger partial charge in [0.15, 0.2) is 12.2 Å². The molecule has 1 aliphatic carbocycles. The van der Waals surface area contributed by atoms with Crippen LogP contribution in [0, 0.1) is 17.8 Å². The number of hydrogen-bond acceptors (Lipinski definition) is 11. The second-order valence-electron chi connectivity index (χ2n) is 10.3. The summed E-state index contributed by atoms with van der Waals surface area (Å²) >= 11 is 0. The molecule has 0 radical (unpaired) electrons. The van der Waals surface area contributed by atoms with Crippen molar-refractivity contribution >= 4 is 29.8 Å². The van der Waals surface area contributed by atoms with Gasteiger partial charge in [-0.1, -0.05) is 27.4 Å². The molecule has 2 aliphatic heterocycles. The molecule has 1 saturated carbocycles. The molecule has 10 unspecified atom stereocenters. The van der Waals surface area contributed by atoms with E-state index in [1.807, 2.05) is 6.92 Å². The van der Waals surface area contributed by atoms with Crippen molar-refractivity contribution in [1.29, 1.82) is 0 Å². The molecule has 2 saturated heterocycles. The van der Waals surface area contributed by atoms with Gasteiger partial charge in [0.1, 0.15) is 30.0 Å². The predicted molar refractivity (Wildman–Crippen MR) is 126 cm³/mol. The van der Waals surface area contributed by atoms with Crippen molar-refractivity contribution in [2.75, 3.05) is 0 Å². The Morgan fingerprint density at radius 3 is 2.16 bits per heavy atom. The van der Waals surface area contributed by atoms with Crippen LogP contribution in [0.15, 0.2) is 12.2 Å². The Hall–Kier alpha value is -2.95. The summed E-state index contributed by atoms with van der Waals surface area (Å²) < 4.78 is 34.5. The van der Waals surface area contributed by atoms with Gasteiger partial charge in [0.25, 0.3) is 0 Å². The average Bonchev–Trinajstić information content (AvgIpc) is 3.41. The van der Waals surface area contributed by atoms with E-state index in [2.05, 4.69) is 6.58 Å². The largest absolute Gasteiger partial charge is 0.460 e. The minimum absolute atomic E-state index is 0.00800. The molecule has 3 aliphatic rings. The molecule has 206 valence electrons. The number of rotatable bonds is 6. The van der Waals surface area contributed by atoms with Crippen molar-refractivity contribution in [2.24, 2.45) is 17.8 Å². The molecule has 0 N–H and O–H groups in total. The van der Waals surface area contributed by atoms with E-state index in [4.69, 9.17) is 28.4 Å². The van der Waals surface area contributed by atoms with Crippen LogP contribution in [0.25, 0.3) is 0 Å². The molecule has 10 atom stereocenters. The lowest BCUT2D eigenvalue weighted by Gasteiger charge is -2.40. The highest BCUT2D eigenvalue weighted by Gasteiger charge is 2.70. The molecule has 11 heteroatoms. The van der Waals surface area contributed by atoms with Gasteiger partial charge in [0.2, 0.25) is 0 Å². The molecule has 0 aromatic heterocycles. The van der Waals surface area contributed by atoms with Crippen molar-refractivity contribution < 1.29 is 52.4 Å². The molecule has 0 aromatic carbocycles. The smallest absolute Gasteiger partial charge is 0.334 e. The third kappa shape index (κ3) is 5.81. The van der Waals surface area contributed by atoms with Gasteiger partial charge in [-0.2, -0.15) is 0 Å². The first kappa shape index (κ1) is 28.6. The topological polar surface area (TPSA) is 144 Å². The maximum absolute atomic E-state index is 13.0. The summed E-state index contributed by atoms with van der Waals surface area (Å²) in [6.45, 7) is 14.5. The van der Waals surface area contributed by atoms with Crippen LogP contribution in [-0.2, 0) is 52.4 Å². The van der Waals surface area contributed by atoms with Gasteiger partial charge in [0.05, 0.1) is 11.8 Å². The third-order valence-corrected chi connectivity index (χ3v) is 7.37. The zero-order valence-corrected chi connectivity index (χ0v) is 22.3. The molecule has 37 heavy (non-hydrogen) atoms. The summed E-state index contributed by atoms with van der Waals surface area (Å²) in [6, 6.07) is 0. The SMILES string of the molecule is C=C1C(=O)OC2C1C(OC(=O)C(C)CC)C(OC(C)=O)C(C)CC(OC(C)=O)C1OC1(C)C2OC(C)=O. The van der Waals surface area contributed by atoms with Crippen LogP contribution < -0.4 is 0 Å². The number of ether oxygens (including phenoxy) is 6. The molecule has 0 spiro atoms. The molecule has 3 fully saturated rings. The Morgan fingerprint density at radius 2 is 1.62 bits per heavy atom. The van der Waals surface area contributed by atoms with Crippen LogP contribution in [0.4, 0.5) is 0 Å². The van der Waals surface area contributed by atoms with Gasteiger partial charge in [-0.25, -0.2) is 4.79 Å². The quantitative estimate of drug-likeness (QED) is 0.218. The maximum atomic E-state index is 13.0. The van der Waals surface area contributed by atoms with Crippen molar-refractivity contribution in [2.45, 2.75) is 104 Å². The van der Waals surface area contributed by atoms with Gasteiger partial charge in [-0.3, -0.25) is 19.2 Å². The highest BCUT2D eigenvalue weighted by atomic mass is 16.7. The highest BCUT2D eigenvalue weighted by molar-refractivity contribution is 5.91. The summed E-state index contributed by atoms with van der Waals surface area (Å²) in [4.78, 5) is 62.1. The summed E-state index contributed by atoms with van der Waals surface area (Å²) in [7, 11) is 0. The lowest BCUT2D eigenvalue weighted by molar-refractivity contribution is -0.189. The normalized spacial score (nSPS) is 37.7. The monoisotopic (exact) mass is 524 g/mol. The maximum Gasteiger partial charge on any atom is 0.334 e. The van der Waals surface area contributed by atoms with Crippen molar-refractivity contribution in [1.82, 2.24) is 0 Å². The van der Waals surface area contributed by atoms with E-state index in [0.29, 0.717) is 6.42 Å². The molecule has 0 aromatic rings. The van der Waals surface area contributed by atoms with Crippen molar-refractivity contribution in [3.63, 3.8) is 0 Å². The Morgan fingerprint density at radius 1 is 1.03 bits per heavy atom. The lowest BCUT2D eigenvalue weighted by Crippen LogP contribution is -2.55. The summed E-state index contributed by atoms with van der Waals surface area (Å²) in [5.41, 5.74) is -1.19. The molecule has 3 rings (SSSR count). The Bertz CT molecular complexity index is 974. The first-order valence-electron chi connectivity index (χ1n) is 12.5. The minimum Gasteiger partial charge on any atom is -0.460 e. The summed E-state index contributed by atoms with van der Waals surface area (Å²) in [5, 5.41) is 0. The van der Waals surface area contributed by atoms with Gasteiger partial charge in [-0.15, -0.1) is 0 Å². The second kappa shape index (κ2) is 10.8. The highest BCUT2D eigenvalue weighted by Crippen LogP contribution is 2.51. The Balaban J connectivity index is 2.19. The number of carbonyl (C=O) groups is 5. The minimum atomic E-state index is -1.21. The standard InChI is InChI=1S/C26H36O11/c1-9-11(2)24(30)35-20-18-13(4)25(31)36-21(18)23(34-16(7)29)26(8)22(37-26)17(32-14(5)27)10-12(3)19(20)33-15(6)28/h11-12,17-23H,4,9-10H2,1-3,5-8H3. The fourth-order valence-electron chi connectivity index (χ4n) is 5.25. The molecule has 11 nitrogen and oxygen atoms in total. The number of carbonyl (C=O) groups excluding carboxylic acids is 5. The van der Waals surface area contributed by atoms with E-state index >= 15 is 0 Å². The van der Waals surface area contributed by atoms with Crippen LogP contribution in [0.3, 0.4) is 0 Å². The third-order valence-electron chi connectivity index (χ3n) is 7.37. The number of hydrogen-bond donors (Lipinski definition) is 0. The van der Waals surface area contributed by atoms with Gasteiger partial charge in [-0.05, 0) is 19.8 Å². The van der Waals surface area contributed by atoms with Crippen LogP contribution >= 0.6 is 0 Å². The van der Waals surface area contributed by atoms with Gasteiger partial charge < -0.3 is 28.4 Å².